The first kappa shape index (κ1) is 39.4. The summed E-state index contributed by atoms with van der Waals surface area (Å²) in [6, 6.07) is 42.2. The van der Waals surface area contributed by atoms with E-state index in [4.69, 9.17) is 21.1 Å². The van der Waals surface area contributed by atoms with E-state index >= 15 is 0 Å². The summed E-state index contributed by atoms with van der Waals surface area (Å²) in [7, 11) is 1.68. The number of amides is 1. The van der Waals surface area contributed by atoms with E-state index in [1.165, 1.54) is 85.8 Å². The van der Waals surface area contributed by atoms with Crippen molar-refractivity contribution in [3.05, 3.63) is 166 Å². The lowest BCUT2D eigenvalue weighted by atomic mass is 9.78. The van der Waals surface area contributed by atoms with Crippen molar-refractivity contribution in [2.24, 2.45) is 0 Å². The lowest BCUT2D eigenvalue weighted by Gasteiger charge is -2.36. The van der Waals surface area contributed by atoms with Crippen molar-refractivity contribution in [3.8, 4) is 11.1 Å². The Kier molecular flexibility index (Phi) is 12.9. The van der Waals surface area contributed by atoms with Crippen LogP contribution in [-0.2, 0) is 19.9 Å². The minimum absolute atomic E-state index is 0.0418. The number of halogens is 1. The quantitative estimate of drug-likeness (QED) is 0.105. The van der Waals surface area contributed by atoms with E-state index in [1.54, 1.807) is 7.05 Å². The van der Waals surface area contributed by atoms with Gasteiger partial charge in [-0.05, 0) is 59.6 Å². The zero-order valence-corrected chi connectivity index (χ0v) is 33.6. The summed E-state index contributed by atoms with van der Waals surface area (Å²) in [5, 5.41) is 0.500. The van der Waals surface area contributed by atoms with Gasteiger partial charge in [-0.3, -0.25) is 4.79 Å². The molecule has 0 N–H and O–H groups in total. The third-order valence-electron chi connectivity index (χ3n) is 12.1. The molecule has 290 valence electrons. The van der Waals surface area contributed by atoms with Crippen molar-refractivity contribution in [1.82, 2.24) is 4.90 Å². The summed E-state index contributed by atoms with van der Waals surface area (Å²) in [6.45, 7) is 2.05. The summed E-state index contributed by atoms with van der Waals surface area (Å²) in [5.74, 6) is -0.00309. The summed E-state index contributed by atoms with van der Waals surface area (Å²) >= 11 is 7.01. The van der Waals surface area contributed by atoms with Crippen LogP contribution in [0.1, 0.15) is 123 Å². The van der Waals surface area contributed by atoms with Crippen LogP contribution in [0.5, 0.6) is 0 Å². The SMILES string of the molecule is C[C@H](CC(=O)OC(c1ccccc1)(c1ccc(C2CCCCCCCCCC2)cc1)c1ccccc1Cl)N(C)C(=O)OCC1c2ccccc2-c2ccccc21. The van der Waals surface area contributed by atoms with Crippen LogP contribution in [-0.4, -0.2) is 36.7 Å². The molecule has 0 spiro atoms. The summed E-state index contributed by atoms with van der Waals surface area (Å²) in [5.41, 5.74) is 6.94. The number of carbonyl (C=O) groups excluding carboxylic acids is 2. The zero-order valence-electron chi connectivity index (χ0n) is 32.8. The van der Waals surface area contributed by atoms with Gasteiger partial charge in [0, 0.05) is 40.7 Å². The van der Waals surface area contributed by atoms with E-state index in [2.05, 4.69) is 48.5 Å². The van der Waals surface area contributed by atoms with Gasteiger partial charge in [0.1, 0.15) is 6.61 Å². The first-order valence-corrected chi connectivity index (χ1v) is 20.9. The molecule has 5 aromatic carbocycles. The van der Waals surface area contributed by atoms with Crippen LogP contribution < -0.4 is 0 Å². The highest BCUT2D eigenvalue weighted by Gasteiger charge is 2.43. The molecular weight excluding hydrogens is 714 g/mol. The van der Waals surface area contributed by atoms with Gasteiger partial charge in [-0.1, -0.05) is 184 Å². The van der Waals surface area contributed by atoms with Gasteiger partial charge in [0.15, 0.2) is 5.60 Å². The van der Waals surface area contributed by atoms with E-state index in [-0.39, 0.29) is 18.9 Å². The molecule has 2 atom stereocenters. The van der Waals surface area contributed by atoms with Crippen molar-refractivity contribution in [3.63, 3.8) is 0 Å². The van der Waals surface area contributed by atoms with E-state index in [9.17, 15) is 9.59 Å². The number of esters is 1. The third-order valence-corrected chi connectivity index (χ3v) is 12.4. The molecule has 0 aliphatic heterocycles. The van der Waals surface area contributed by atoms with Crippen LogP contribution in [0.4, 0.5) is 4.79 Å². The van der Waals surface area contributed by atoms with Crippen molar-refractivity contribution in [2.45, 2.75) is 101 Å². The largest absolute Gasteiger partial charge is 0.448 e. The lowest BCUT2D eigenvalue weighted by molar-refractivity contribution is -0.154. The highest BCUT2D eigenvalue weighted by atomic mass is 35.5. The molecule has 0 heterocycles. The van der Waals surface area contributed by atoms with Gasteiger partial charge in [-0.15, -0.1) is 0 Å². The maximum Gasteiger partial charge on any atom is 0.409 e. The number of benzene rings is 5. The normalized spacial score (nSPS) is 16.7. The number of hydrogen-bond donors (Lipinski definition) is 0. The summed E-state index contributed by atoms with van der Waals surface area (Å²) in [6.07, 6.45) is 12.3. The van der Waals surface area contributed by atoms with Gasteiger partial charge in [0.2, 0.25) is 0 Å². The van der Waals surface area contributed by atoms with Crippen molar-refractivity contribution < 1.29 is 19.1 Å². The highest BCUT2D eigenvalue weighted by molar-refractivity contribution is 6.31. The van der Waals surface area contributed by atoms with Crippen LogP contribution in [0.15, 0.2) is 127 Å². The molecule has 2 aliphatic carbocycles. The minimum Gasteiger partial charge on any atom is -0.448 e. The standard InChI is InChI=1S/C50H54ClNO4/c1-36(52(2)49(54)55-35-45-43-26-16-14-24-41(43)42-25-15-17-27-44(42)45)34-48(53)56-50(39-22-12-9-13-23-39,46-28-18-19-29-47(46)51)40-32-30-38(31-33-40)37-20-10-7-5-3-4-6-8-11-21-37/h9,12-19,22-33,36-37,45H,3-8,10-11,20-21,34-35H2,1-2H3/t36-,50?/m1/s1. The van der Waals surface area contributed by atoms with Crippen LogP contribution >= 0.6 is 11.6 Å². The Bertz CT molecular complexity index is 2020. The second-order valence-electron chi connectivity index (χ2n) is 15.7. The molecule has 5 nitrogen and oxygen atoms in total. The fourth-order valence-electron chi connectivity index (χ4n) is 8.85. The second-order valence-corrected chi connectivity index (χ2v) is 16.1. The molecule has 6 heteroatoms. The van der Waals surface area contributed by atoms with Crippen molar-refractivity contribution in [1.29, 1.82) is 0 Å². The Balaban J connectivity index is 1.12. The fourth-order valence-corrected chi connectivity index (χ4v) is 9.12. The molecule has 1 unspecified atom stereocenters. The molecule has 0 radical (unpaired) electrons. The number of rotatable bonds is 10. The molecule has 1 amide bonds. The van der Waals surface area contributed by atoms with Gasteiger partial charge in [0.05, 0.1) is 6.42 Å². The molecule has 2 aliphatic rings. The second kappa shape index (κ2) is 18.4. The molecule has 0 bridgehead atoms. The third kappa shape index (κ3) is 8.59. The molecule has 5 aromatic rings. The van der Waals surface area contributed by atoms with E-state index in [0.29, 0.717) is 16.5 Å². The van der Waals surface area contributed by atoms with Crippen molar-refractivity contribution in [2.75, 3.05) is 13.7 Å². The Morgan fingerprint density at radius 1 is 0.679 bits per heavy atom. The van der Waals surface area contributed by atoms with Gasteiger partial charge in [-0.25, -0.2) is 4.79 Å². The predicted octanol–water partition coefficient (Wildman–Crippen LogP) is 12.8. The minimum atomic E-state index is -1.33. The van der Waals surface area contributed by atoms with E-state index < -0.39 is 23.7 Å². The van der Waals surface area contributed by atoms with Crippen LogP contribution in [0, 0.1) is 0 Å². The number of ether oxygens (including phenoxy) is 2. The van der Waals surface area contributed by atoms with E-state index in [0.717, 1.165) is 22.3 Å². The zero-order chi connectivity index (χ0) is 38.9. The number of hydrogen-bond acceptors (Lipinski definition) is 4. The molecule has 0 aromatic heterocycles. The highest BCUT2D eigenvalue weighted by Crippen LogP contribution is 2.46. The summed E-state index contributed by atoms with van der Waals surface area (Å²) < 4.78 is 12.7. The van der Waals surface area contributed by atoms with Gasteiger partial charge >= 0.3 is 12.1 Å². The average molecular weight is 768 g/mol. The lowest BCUT2D eigenvalue weighted by Crippen LogP contribution is -2.40. The van der Waals surface area contributed by atoms with E-state index in [1.807, 2.05) is 85.8 Å². The number of fused-ring (bicyclic) bond motifs is 3. The monoisotopic (exact) mass is 767 g/mol. The fraction of sp³-hybridized carbons (Fsp3) is 0.360. The first-order valence-electron chi connectivity index (χ1n) is 20.6. The topological polar surface area (TPSA) is 55.8 Å². The Morgan fingerprint density at radius 2 is 1.20 bits per heavy atom. The number of carbonyl (C=O) groups is 2. The van der Waals surface area contributed by atoms with Gasteiger partial charge < -0.3 is 14.4 Å². The molecule has 1 fully saturated rings. The predicted molar refractivity (Wildman–Crippen MR) is 226 cm³/mol. The Morgan fingerprint density at radius 3 is 1.80 bits per heavy atom. The Labute approximate surface area is 338 Å². The van der Waals surface area contributed by atoms with Crippen LogP contribution in [0.3, 0.4) is 0 Å². The molecule has 0 saturated heterocycles. The van der Waals surface area contributed by atoms with Gasteiger partial charge in [-0.2, -0.15) is 0 Å². The average Bonchev–Trinajstić information content (AvgIpc) is 3.52. The molecular formula is C50H54ClNO4. The molecule has 7 rings (SSSR count). The number of nitrogens with zero attached hydrogens (tertiary/aromatic N) is 1. The molecule has 56 heavy (non-hydrogen) atoms. The Hall–Kier alpha value is -4.87. The maximum atomic E-state index is 14.3. The van der Waals surface area contributed by atoms with Gasteiger partial charge in [0.25, 0.3) is 0 Å². The van der Waals surface area contributed by atoms with Crippen molar-refractivity contribution >= 4 is 23.7 Å². The first-order chi connectivity index (χ1) is 27.4. The smallest absolute Gasteiger partial charge is 0.409 e. The molecule has 1 saturated carbocycles. The van der Waals surface area contributed by atoms with Crippen LogP contribution in [0.2, 0.25) is 5.02 Å². The van der Waals surface area contributed by atoms with Crippen LogP contribution in [0.25, 0.3) is 11.1 Å². The summed E-state index contributed by atoms with van der Waals surface area (Å²) in [4.78, 5) is 29.3. The maximum absolute atomic E-state index is 14.3.